The zero-order chi connectivity index (χ0) is 24.3. The van der Waals surface area contributed by atoms with Gasteiger partial charge in [0.1, 0.15) is 5.69 Å². The third-order valence-electron chi connectivity index (χ3n) is 5.38. The van der Waals surface area contributed by atoms with Gasteiger partial charge in [0.15, 0.2) is 0 Å². The van der Waals surface area contributed by atoms with Gasteiger partial charge in [0.2, 0.25) is 0 Å². The van der Waals surface area contributed by atoms with Crippen LogP contribution >= 0.6 is 0 Å². The third kappa shape index (κ3) is 5.23. The predicted octanol–water partition coefficient (Wildman–Crippen LogP) is 5.87. The Bertz CT molecular complexity index is 1350. The van der Waals surface area contributed by atoms with E-state index in [9.17, 15) is 27.9 Å². The van der Waals surface area contributed by atoms with E-state index in [2.05, 4.69) is 10.3 Å². The number of carbonyl (C=O) groups excluding carboxylic acids is 1. The Morgan fingerprint density at radius 3 is 2.26 bits per heavy atom. The summed E-state index contributed by atoms with van der Waals surface area (Å²) in [6, 6.07) is 19.5. The summed E-state index contributed by atoms with van der Waals surface area (Å²) in [7, 11) is 0. The van der Waals surface area contributed by atoms with Gasteiger partial charge in [-0.1, -0.05) is 60.7 Å². The predicted molar refractivity (Wildman–Crippen MR) is 121 cm³/mol. The van der Waals surface area contributed by atoms with Crippen LogP contribution in [-0.2, 0) is 11.0 Å². The highest BCUT2D eigenvalue weighted by molar-refractivity contribution is 5.96. The second kappa shape index (κ2) is 9.35. The number of alkyl halides is 3. The molecule has 0 spiro atoms. The van der Waals surface area contributed by atoms with Crippen LogP contribution in [0.15, 0.2) is 85.1 Å². The molecule has 0 bridgehead atoms. The zero-order valence-electron chi connectivity index (χ0n) is 17.7. The second-order valence-electron chi connectivity index (χ2n) is 7.74. The summed E-state index contributed by atoms with van der Waals surface area (Å²) >= 11 is 0. The molecule has 1 amide bonds. The summed E-state index contributed by atoms with van der Waals surface area (Å²) in [6.45, 7) is 0. The maximum atomic E-state index is 13.0. The van der Waals surface area contributed by atoms with Crippen molar-refractivity contribution in [3.8, 4) is 11.1 Å². The number of carboxylic acids is 1. The molecule has 2 N–H and O–H groups in total. The lowest BCUT2D eigenvalue weighted by atomic mass is 9.98. The number of hydrogen-bond donors (Lipinski definition) is 2. The first-order valence-corrected chi connectivity index (χ1v) is 10.4. The minimum absolute atomic E-state index is 0.148. The summed E-state index contributed by atoms with van der Waals surface area (Å²) in [4.78, 5) is 28.4. The van der Waals surface area contributed by atoms with Gasteiger partial charge in [0.25, 0.3) is 5.91 Å². The van der Waals surface area contributed by atoms with Gasteiger partial charge in [0.05, 0.1) is 18.0 Å². The normalized spacial score (nSPS) is 12.3. The molecule has 4 aromatic rings. The number of fused-ring (bicyclic) bond motifs is 1. The van der Waals surface area contributed by atoms with Gasteiger partial charge in [-0.15, -0.1) is 0 Å². The first-order chi connectivity index (χ1) is 16.2. The SMILES string of the molecule is O=C(O)CC(NC(=O)c1cc2ccccc2cn1)c1ccc(-c2cccc(C(F)(F)F)c2)cc1. The van der Waals surface area contributed by atoms with Crippen molar-refractivity contribution in [3.63, 3.8) is 0 Å². The van der Waals surface area contributed by atoms with Crippen LogP contribution in [0.25, 0.3) is 21.9 Å². The molecule has 3 aromatic carbocycles. The van der Waals surface area contributed by atoms with Crippen LogP contribution in [0.3, 0.4) is 0 Å². The summed E-state index contributed by atoms with van der Waals surface area (Å²) < 4.78 is 39.1. The molecule has 8 heteroatoms. The number of nitrogens with one attached hydrogen (secondary N) is 1. The fraction of sp³-hybridized carbons (Fsp3) is 0.115. The van der Waals surface area contributed by atoms with Crippen molar-refractivity contribution in [1.29, 1.82) is 0 Å². The first-order valence-electron chi connectivity index (χ1n) is 10.4. The van der Waals surface area contributed by atoms with Gasteiger partial charge >= 0.3 is 12.1 Å². The number of carbonyl (C=O) groups is 2. The summed E-state index contributed by atoms with van der Waals surface area (Å²) in [5.74, 6) is -1.64. The quantitative estimate of drug-likeness (QED) is 0.374. The Kier molecular flexibility index (Phi) is 6.32. The lowest BCUT2D eigenvalue weighted by molar-refractivity contribution is -0.138. The highest BCUT2D eigenvalue weighted by atomic mass is 19.4. The molecule has 0 aliphatic carbocycles. The van der Waals surface area contributed by atoms with E-state index in [1.807, 2.05) is 24.3 Å². The number of rotatable bonds is 6. The molecular formula is C26H19F3N2O3. The number of aromatic nitrogens is 1. The van der Waals surface area contributed by atoms with Crippen molar-refractivity contribution in [2.24, 2.45) is 0 Å². The van der Waals surface area contributed by atoms with Crippen LogP contribution in [-0.4, -0.2) is 22.0 Å². The van der Waals surface area contributed by atoms with Crippen LogP contribution < -0.4 is 5.32 Å². The number of benzene rings is 3. The monoisotopic (exact) mass is 464 g/mol. The smallest absolute Gasteiger partial charge is 0.416 e. The molecular weight excluding hydrogens is 445 g/mol. The number of aliphatic carboxylic acids is 1. The highest BCUT2D eigenvalue weighted by Crippen LogP contribution is 2.32. The average molecular weight is 464 g/mol. The van der Waals surface area contributed by atoms with Crippen molar-refractivity contribution in [2.45, 2.75) is 18.6 Å². The van der Waals surface area contributed by atoms with Gasteiger partial charge in [0, 0.05) is 11.6 Å². The minimum Gasteiger partial charge on any atom is -0.481 e. The Morgan fingerprint density at radius 1 is 0.882 bits per heavy atom. The number of pyridine rings is 1. The van der Waals surface area contributed by atoms with Crippen molar-refractivity contribution in [2.75, 3.05) is 0 Å². The molecule has 0 fully saturated rings. The lowest BCUT2D eigenvalue weighted by Gasteiger charge is -2.18. The molecule has 1 atom stereocenters. The van der Waals surface area contributed by atoms with E-state index in [1.54, 1.807) is 42.6 Å². The third-order valence-corrected chi connectivity index (χ3v) is 5.38. The molecule has 1 heterocycles. The Balaban J connectivity index is 1.57. The number of halogens is 3. The molecule has 4 rings (SSSR count). The standard InChI is InChI=1S/C26H19F3N2O3/c27-26(28,29)21-7-3-6-18(12-21)16-8-10-17(11-9-16)22(14-24(32)33)31-25(34)23-13-19-4-1-2-5-20(19)15-30-23/h1-13,15,22H,14H2,(H,31,34)(H,32,33). The summed E-state index contributed by atoms with van der Waals surface area (Å²) in [5.41, 5.74) is 0.807. The minimum atomic E-state index is -4.45. The van der Waals surface area contributed by atoms with Crippen LogP contribution in [0.1, 0.15) is 34.1 Å². The van der Waals surface area contributed by atoms with E-state index in [0.717, 1.165) is 22.9 Å². The lowest BCUT2D eigenvalue weighted by Crippen LogP contribution is -2.30. The highest BCUT2D eigenvalue weighted by Gasteiger charge is 2.30. The van der Waals surface area contributed by atoms with Crippen LogP contribution in [0.4, 0.5) is 13.2 Å². The fourth-order valence-electron chi connectivity index (χ4n) is 3.65. The van der Waals surface area contributed by atoms with Gasteiger partial charge in [-0.25, -0.2) is 0 Å². The Hall–Kier alpha value is -4.20. The van der Waals surface area contributed by atoms with Crippen molar-refractivity contribution < 1.29 is 27.9 Å². The van der Waals surface area contributed by atoms with E-state index in [1.165, 1.54) is 6.07 Å². The molecule has 1 unspecified atom stereocenters. The van der Waals surface area contributed by atoms with Crippen LogP contribution in [0.2, 0.25) is 0 Å². The summed E-state index contributed by atoms with van der Waals surface area (Å²) in [6.07, 6.45) is -3.26. The molecule has 0 saturated carbocycles. The second-order valence-corrected chi connectivity index (χ2v) is 7.74. The Morgan fingerprint density at radius 2 is 1.59 bits per heavy atom. The maximum Gasteiger partial charge on any atom is 0.416 e. The van der Waals surface area contributed by atoms with E-state index < -0.39 is 29.7 Å². The number of amides is 1. The molecule has 172 valence electrons. The fourth-order valence-corrected chi connectivity index (χ4v) is 3.65. The first kappa shape index (κ1) is 23.0. The topological polar surface area (TPSA) is 79.3 Å². The molecule has 0 saturated heterocycles. The summed E-state index contributed by atoms with van der Waals surface area (Å²) in [5, 5.41) is 13.7. The molecule has 5 nitrogen and oxygen atoms in total. The van der Waals surface area contributed by atoms with Crippen molar-refractivity contribution in [3.05, 3.63) is 102 Å². The van der Waals surface area contributed by atoms with E-state index >= 15 is 0 Å². The van der Waals surface area contributed by atoms with Crippen molar-refractivity contribution in [1.82, 2.24) is 10.3 Å². The number of carboxylic acid groups (broad SMARTS) is 1. The number of nitrogens with zero attached hydrogens (tertiary/aromatic N) is 1. The van der Waals surface area contributed by atoms with Gasteiger partial charge in [-0.05, 0) is 40.3 Å². The molecule has 1 aromatic heterocycles. The van der Waals surface area contributed by atoms with Crippen molar-refractivity contribution >= 4 is 22.6 Å². The zero-order valence-corrected chi connectivity index (χ0v) is 17.7. The molecule has 0 radical (unpaired) electrons. The van der Waals surface area contributed by atoms with Crippen LogP contribution in [0, 0.1) is 0 Å². The molecule has 0 aliphatic heterocycles. The van der Waals surface area contributed by atoms with Crippen LogP contribution in [0.5, 0.6) is 0 Å². The van der Waals surface area contributed by atoms with E-state index in [0.29, 0.717) is 16.7 Å². The largest absolute Gasteiger partial charge is 0.481 e. The van der Waals surface area contributed by atoms with E-state index in [4.69, 9.17) is 0 Å². The van der Waals surface area contributed by atoms with E-state index in [-0.39, 0.29) is 12.1 Å². The van der Waals surface area contributed by atoms with Gasteiger partial charge < -0.3 is 10.4 Å². The van der Waals surface area contributed by atoms with Gasteiger partial charge in [-0.2, -0.15) is 13.2 Å². The maximum absolute atomic E-state index is 13.0. The molecule has 0 aliphatic rings. The molecule has 34 heavy (non-hydrogen) atoms. The van der Waals surface area contributed by atoms with Gasteiger partial charge in [-0.3, -0.25) is 14.6 Å². The average Bonchev–Trinajstić information content (AvgIpc) is 2.82. The number of hydrogen-bond acceptors (Lipinski definition) is 3. The Labute approximate surface area is 192 Å².